The zero-order valence-corrected chi connectivity index (χ0v) is 14.3. The second-order valence-electron chi connectivity index (χ2n) is 6.62. The fraction of sp³-hybridized carbons (Fsp3) is 0.421. The Kier molecular flexibility index (Phi) is 4.26. The van der Waals surface area contributed by atoms with Crippen molar-refractivity contribution < 1.29 is 9.53 Å². The Labute approximate surface area is 147 Å². The Morgan fingerprint density at radius 3 is 2.84 bits per heavy atom. The molecule has 2 aromatic rings. The first-order chi connectivity index (χ1) is 12.3. The minimum Gasteiger partial charge on any atom is -0.496 e. The van der Waals surface area contributed by atoms with E-state index in [1.54, 1.807) is 19.6 Å². The van der Waals surface area contributed by atoms with Gasteiger partial charge in [-0.15, -0.1) is 0 Å². The van der Waals surface area contributed by atoms with Crippen LogP contribution in [0.15, 0.2) is 42.9 Å². The molecule has 2 fully saturated rings. The van der Waals surface area contributed by atoms with Gasteiger partial charge in [0.05, 0.1) is 18.7 Å². The van der Waals surface area contributed by atoms with Gasteiger partial charge in [-0.05, 0) is 37.0 Å². The van der Waals surface area contributed by atoms with Crippen molar-refractivity contribution in [3.05, 3.63) is 48.4 Å². The second-order valence-corrected chi connectivity index (χ2v) is 6.62. The van der Waals surface area contributed by atoms with Crippen LogP contribution in [0.1, 0.15) is 23.2 Å². The minimum absolute atomic E-state index is 0.0643. The van der Waals surface area contributed by atoms with Gasteiger partial charge in [0.2, 0.25) is 0 Å². The van der Waals surface area contributed by atoms with Gasteiger partial charge < -0.3 is 14.5 Å². The molecule has 3 heterocycles. The van der Waals surface area contributed by atoms with Gasteiger partial charge in [-0.25, -0.2) is 9.97 Å². The number of nitrogens with zero attached hydrogens (tertiary/aromatic N) is 4. The number of fused-ring (bicyclic) bond motifs is 1. The number of hydrogen-bond acceptors (Lipinski definition) is 5. The number of para-hydroxylation sites is 1. The average molecular weight is 338 g/mol. The van der Waals surface area contributed by atoms with Crippen molar-refractivity contribution in [3.63, 3.8) is 0 Å². The fourth-order valence-electron chi connectivity index (χ4n) is 4.05. The second kappa shape index (κ2) is 6.70. The minimum atomic E-state index is 0.0643. The molecule has 6 nitrogen and oxygen atoms in total. The number of carbonyl (C=O) groups excluding carboxylic acids is 1. The van der Waals surface area contributed by atoms with Crippen molar-refractivity contribution in [1.29, 1.82) is 0 Å². The molecule has 25 heavy (non-hydrogen) atoms. The quantitative estimate of drug-likeness (QED) is 0.859. The molecule has 0 spiro atoms. The molecule has 0 radical (unpaired) electrons. The van der Waals surface area contributed by atoms with E-state index in [9.17, 15) is 4.79 Å². The predicted molar refractivity (Wildman–Crippen MR) is 94.8 cm³/mol. The number of amides is 1. The van der Waals surface area contributed by atoms with Crippen LogP contribution >= 0.6 is 0 Å². The fourth-order valence-corrected chi connectivity index (χ4v) is 4.05. The molecule has 0 bridgehead atoms. The molecule has 130 valence electrons. The molecule has 1 aromatic carbocycles. The first-order valence-corrected chi connectivity index (χ1v) is 8.73. The van der Waals surface area contributed by atoms with E-state index < -0.39 is 0 Å². The number of hydrogen-bond donors (Lipinski definition) is 0. The van der Waals surface area contributed by atoms with Crippen molar-refractivity contribution in [2.45, 2.75) is 18.9 Å². The maximum Gasteiger partial charge on any atom is 0.257 e. The van der Waals surface area contributed by atoms with Crippen LogP contribution in [0, 0.1) is 5.92 Å². The van der Waals surface area contributed by atoms with Crippen LogP contribution in [-0.4, -0.2) is 53.6 Å². The number of aromatic nitrogens is 2. The zero-order valence-electron chi connectivity index (χ0n) is 14.3. The summed E-state index contributed by atoms with van der Waals surface area (Å²) in [6.07, 6.45) is 5.50. The van der Waals surface area contributed by atoms with E-state index in [-0.39, 0.29) is 11.9 Å². The molecular weight excluding hydrogens is 316 g/mol. The molecule has 2 saturated heterocycles. The maximum absolute atomic E-state index is 13.1. The Balaban J connectivity index is 1.56. The lowest BCUT2D eigenvalue weighted by atomic mass is 9.92. The predicted octanol–water partition coefficient (Wildman–Crippen LogP) is 2.23. The number of likely N-dealkylation sites (tertiary alicyclic amines) is 1. The summed E-state index contributed by atoms with van der Waals surface area (Å²) in [6, 6.07) is 9.62. The van der Waals surface area contributed by atoms with Crippen molar-refractivity contribution in [1.82, 2.24) is 14.9 Å². The summed E-state index contributed by atoms with van der Waals surface area (Å²) in [7, 11) is 1.61. The number of carbonyl (C=O) groups is 1. The average Bonchev–Trinajstić information content (AvgIpc) is 3.11. The van der Waals surface area contributed by atoms with E-state index in [1.165, 1.54) is 0 Å². The molecule has 2 atom stereocenters. The van der Waals surface area contributed by atoms with E-state index in [2.05, 4.69) is 14.9 Å². The monoisotopic (exact) mass is 338 g/mol. The topological polar surface area (TPSA) is 58.6 Å². The highest BCUT2D eigenvalue weighted by molar-refractivity contribution is 5.97. The number of anilines is 1. The third-order valence-corrected chi connectivity index (χ3v) is 5.35. The van der Waals surface area contributed by atoms with E-state index in [4.69, 9.17) is 4.74 Å². The molecule has 4 rings (SSSR count). The van der Waals surface area contributed by atoms with Crippen LogP contribution in [0.25, 0.3) is 0 Å². The van der Waals surface area contributed by atoms with E-state index >= 15 is 0 Å². The van der Waals surface area contributed by atoms with Crippen LogP contribution in [0.3, 0.4) is 0 Å². The van der Waals surface area contributed by atoms with Crippen molar-refractivity contribution in [2.24, 2.45) is 5.92 Å². The molecule has 0 saturated carbocycles. The number of methoxy groups -OCH3 is 1. The molecule has 2 aliphatic rings. The van der Waals surface area contributed by atoms with Gasteiger partial charge in [-0.2, -0.15) is 0 Å². The van der Waals surface area contributed by atoms with Gasteiger partial charge in [0.25, 0.3) is 5.91 Å². The maximum atomic E-state index is 13.1. The van der Waals surface area contributed by atoms with Crippen LogP contribution < -0.4 is 9.64 Å². The van der Waals surface area contributed by atoms with E-state index in [0.29, 0.717) is 17.2 Å². The smallest absolute Gasteiger partial charge is 0.257 e. The molecule has 2 aliphatic heterocycles. The highest BCUT2D eigenvalue weighted by atomic mass is 16.5. The summed E-state index contributed by atoms with van der Waals surface area (Å²) >= 11 is 0. The highest BCUT2D eigenvalue weighted by Crippen LogP contribution is 2.34. The lowest BCUT2D eigenvalue weighted by molar-refractivity contribution is 0.0708. The van der Waals surface area contributed by atoms with Crippen LogP contribution in [0.5, 0.6) is 5.75 Å². The molecule has 1 aromatic heterocycles. The SMILES string of the molecule is COc1ccccc1C(=O)N1CCC2CCN(c3ccncn3)CC21. The third kappa shape index (κ3) is 2.92. The van der Waals surface area contributed by atoms with Crippen molar-refractivity contribution >= 4 is 11.7 Å². The Hall–Kier alpha value is -2.63. The Morgan fingerprint density at radius 1 is 1.20 bits per heavy atom. The van der Waals surface area contributed by atoms with Gasteiger partial charge >= 0.3 is 0 Å². The highest BCUT2D eigenvalue weighted by Gasteiger charge is 2.41. The first-order valence-electron chi connectivity index (χ1n) is 8.73. The van der Waals surface area contributed by atoms with Crippen molar-refractivity contribution in [3.8, 4) is 5.75 Å². The largest absolute Gasteiger partial charge is 0.496 e. The van der Waals surface area contributed by atoms with Crippen LogP contribution in [-0.2, 0) is 0 Å². The summed E-state index contributed by atoms with van der Waals surface area (Å²) in [5.41, 5.74) is 0.643. The van der Waals surface area contributed by atoms with E-state index in [1.807, 2.05) is 35.2 Å². The van der Waals surface area contributed by atoms with Gasteiger partial charge in [-0.1, -0.05) is 12.1 Å². The summed E-state index contributed by atoms with van der Waals surface area (Å²) in [5.74, 6) is 2.20. The Bertz CT molecular complexity index is 752. The number of benzene rings is 1. The van der Waals surface area contributed by atoms with Crippen molar-refractivity contribution in [2.75, 3.05) is 31.6 Å². The van der Waals surface area contributed by atoms with Gasteiger partial charge in [-0.3, -0.25) is 4.79 Å². The lowest BCUT2D eigenvalue weighted by Crippen LogP contribution is -2.50. The summed E-state index contributed by atoms with van der Waals surface area (Å²) in [4.78, 5) is 25.8. The lowest BCUT2D eigenvalue weighted by Gasteiger charge is -2.39. The summed E-state index contributed by atoms with van der Waals surface area (Å²) in [6.45, 7) is 2.61. The molecule has 6 heteroatoms. The molecule has 2 unspecified atom stereocenters. The standard InChI is InChI=1S/C19H22N4O2/c1-25-17-5-3-2-4-15(17)19(24)23-11-8-14-7-10-22(12-16(14)23)18-6-9-20-13-21-18/h2-6,9,13-14,16H,7-8,10-12H2,1H3. The normalized spacial score (nSPS) is 22.6. The third-order valence-electron chi connectivity index (χ3n) is 5.35. The number of piperidine rings is 1. The van der Waals surface area contributed by atoms with E-state index in [0.717, 1.165) is 38.3 Å². The number of ether oxygens (including phenoxy) is 1. The summed E-state index contributed by atoms with van der Waals surface area (Å²) in [5, 5.41) is 0. The molecule has 0 N–H and O–H groups in total. The molecular formula is C19H22N4O2. The van der Waals surface area contributed by atoms with Gasteiger partial charge in [0.15, 0.2) is 0 Å². The Morgan fingerprint density at radius 2 is 2.04 bits per heavy atom. The zero-order chi connectivity index (χ0) is 17.2. The van der Waals surface area contributed by atoms with Gasteiger partial charge in [0.1, 0.15) is 17.9 Å². The molecule has 1 amide bonds. The number of rotatable bonds is 3. The van der Waals surface area contributed by atoms with Crippen LogP contribution in [0.2, 0.25) is 0 Å². The first kappa shape index (κ1) is 15.9. The summed E-state index contributed by atoms with van der Waals surface area (Å²) < 4.78 is 5.38. The van der Waals surface area contributed by atoms with Gasteiger partial charge in [0, 0.05) is 25.8 Å². The molecule has 0 aliphatic carbocycles. The van der Waals surface area contributed by atoms with Crippen LogP contribution in [0.4, 0.5) is 5.82 Å².